The molecule has 1 unspecified atom stereocenters. The summed E-state index contributed by atoms with van der Waals surface area (Å²) in [4.78, 5) is 14.1. The molecule has 0 bridgehead atoms. The summed E-state index contributed by atoms with van der Waals surface area (Å²) in [5, 5.41) is 10.1. The first kappa shape index (κ1) is 14.9. The Kier molecular flexibility index (Phi) is 5.41. The maximum Gasteiger partial charge on any atom is 0.222 e. The largest absolute Gasteiger partial charge is 0.399 e. The average Bonchev–Trinajstić information content (AvgIpc) is 2.73. The van der Waals surface area contributed by atoms with Crippen LogP contribution in [0.4, 0.5) is 5.69 Å². The van der Waals surface area contributed by atoms with E-state index in [-0.39, 0.29) is 5.91 Å². The number of carbonyl (C=O) groups is 1. The third-order valence-electron chi connectivity index (χ3n) is 3.89. The molecule has 0 saturated carbocycles. The van der Waals surface area contributed by atoms with E-state index in [2.05, 4.69) is 0 Å². The van der Waals surface area contributed by atoms with Crippen LogP contribution in [0.5, 0.6) is 0 Å². The number of likely N-dealkylation sites (tertiary alicyclic amines) is 1. The second kappa shape index (κ2) is 7.29. The fourth-order valence-electron chi connectivity index (χ4n) is 2.67. The van der Waals surface area contributed by atoms with Gasteiger partial charge >= 0.3 is 0 Å². The molecule has 1 atom stereocenters. The number of nitrogen functional groups attached to an aromatic ring is 1. The predicted octanol–water partition coefficient (Wildman–Crippen LogP) is 2.49. The molecule has 1 aromatic carbocycles. The zero-order valence-corrected chi connectivity index (χ0v) is 11.9. The van der Waals surface area contributed by atoms with Gasteiger partial charge in [0, 0.05) is 25.2 Å². The molecular formula is C16H24N2O2. The van der Waals surface area contributed by atoms with Crippen molar-refractivity contribution in [3.05, 3.63) is 29.8 Å². The molecule has 1 amide bonds. The molecule has 4 nitrogen and oxygen atoms in total. The Morgan fingerprint density at radius 3 is 2.60 bits per heavy atom. The Balaban J connectivity index is 1.83. The van der Waals surface area contributed by atoms with Crippen molar-refractivity contribution in [1.82, 2.24) is 4.90 Å². The van der Waals surface area contributed by atoms with Crippen LogP contribution in [0.15, 0.2) is 24.3 Å². The smallest absolute Gasteiger partial charge is 0.222 e. The van der Waals surface area contributed by atoms with Crippen molar-refractivity contribution in [3.63, 3.8) is 0 Å². The van der Waals surface area contributed by atoms with Gasteiger partial charge in [-0.15, -0.1) is 0 Å². The second-order valence-corrected chi connectivity index (χ2v) is 5.52. The van der Waals surface area contributed by atoms with Crippen molar-refractivity contribution in [2.45, 2.75) is 44.6 Å². The number of benzene rings is 1. The molecule has 0 spiro atoms. The molecule has 20 heavy (non-hydrogen) atoms. The van der Waals surface area contributed by atoms with Crippen LogP contribution in [0.3, 0.4) is 0 Å². The zero-order valence-electron chi connectivity index (χ0n) is 11.9. The molecular weight excluding hydrogens is 252 g/mol. The van der Waals surface area contributed by atoms with Crippen LogP contribution in [-0.4, -0.2) is 29.0 Å². The van der Waals surface area contributed by atoms with E-state index in [1.54, 1.807) is 12.1 Å². The van der Waals surface area contributed by atoms with Crippen LogP contribution >= 0.6 is 0 Å². The number of rotatable bonds is 4. The Morgan fingerprint density at radius 2 is 1.95 bits per heavy atom. The number of carbonyl (C=O) groups excluding carboxylic acids is 1. The highest BCUT2D eigenvalue weighted by Gasteiger charge is 2.17. The fourth-order valence-corrected chi connectivity index (χ4v) is 2.67. The Morgan fingerprint density at radius 1 is 1.25 bits per heavy atom. The lowest BCUT2D eigenvalue weighted by Crippen LogP contribution is -2.31. The topological polar surface area (TPSA) is 66.6 Å². The minimum absolute atomic E-state index is 0.162. The van der Waals surface area contributed by atoms with E-state index in [0.717, 1.165) is 31.5 Å². The summed E-state index contributed by atoms with van der Waals surface area (Å²) in [6.07, 6.45) is 4.88. The summed E-state index contributed by atoms with van der Waals surface area (Å²) in [6.45, 7) is 1.74. The maximum absolute atomic E-state index is 12.1. The van der Waals surface area contributed by atoms with Crippen molar-refractivity contribution >= 4 is 11.6 Å². The van der Waals surface area contributed by atoms with E-state index in [1.807, 2.05) is 17.0 Å². The summed E-state index contributed by atoms with van der Waals surface area (Å²) in [5.41, 5.74) is 7.13. The second-order valence-electron chi connectivity index (χ2n) is 5.52. The number of nitrogens with two attached hydrogens (primary N) is 1. The standard InChI is InChI=1S/C16H24N2O2/c17-14-7-5-6-13(12-14)15(19)8-9-16(20)18-10-3-1-2-4-11-18/h5-7,12,15,19H,1-4,8-11,17H2. The fraction of sp³-hybridized carbons (Fsp3) is 0.562. The molecule has 0 radical (unpaired) electrons. The van der Waals surface area contributed by atoms with Gasteiger partial charge in [0.25, 0.3) is 0 Å². The van der Waals surface area contributed by atoms with Crippen LogP contribution in [0.2, 0.25) is 0 Å². The Hall–Kier alpha value is -1.55. The van der Waals surface area contributed by atoms with Gasteiger partial charge in [-0.25, -0.2) is 0 Å². The molecule has 4 heteroatoms. The number of aliphatic hydroxyl groups is 1. The molecule has 110 valence electrons. The first-order valence-electron chi connectivity index (χ1n) is 7.48. The molecule has 0 aliphatic carbocycles. The van der Waals surface area contributed by atoms with E-state index >= 15 is 0 Å². The van der Waals surface area contributed by atoms with Gasteiger partial charge in [0.2, 0.25) is 5.91 Å². The van der Waals surface area contributed by atoms with E-state index in [4.69, 9.17) is 5.73 Å². The molecule has 3 N–H and O–H groups in total. The summed E-state index contributed by atoms with van der Waals surface area (Å²) < 4.78 is 0. The van der Waals surface area contributed by atoms with Crippen LogP contribution in [0.25, 0.3) is 0 Å². The molecule has 0 aromatic heterocycles. The van der Waals surface area contributed by atoms with Gasteiger partial charge in [-0.2, -0.15) is 0 Å². The molecule has 1 aliphatic heterocycles. The Bertz CT molecular complexity index is 440. The highest BCUT2D eigenvalue weighted by atomic mass is 16.3. The predicted molar refractivity (Wildman–Crippen MR) is 80.1 cm³/mol. The number of hydrogen-bond donors (Lipinski definition) is 2. The van der Waals surface area contributed by atoms with Gasteiger partial charge in [0.15, 0.2) is 0 Å². The summed E-state index contributed by atoms with van der Waals surface area (Å²) in [6, 6.07) is 7.22. The van der Waals surface area contributed by atoms with Crippen molar-refractivity contribution in [2.75, 3.05) is 18.8 Å². The van der Waals surface area contributed by atoms with Gasteiger partial charge < -0.3 is 15.7 Å². The van der Waals surface area contributed by atoms with Crippen LogP contribution in [-0.2, 0) is 4.79 Å². The maximum atomic E-state index is 12.1. The first-order chi connectivity index (χ1) is 9.66. The van der Waals surface area contributed by atoms with Gasteiger partial charge in [0.1, 0.15) is 0 Å². The van der Waals surface area contributed by atoms with Crippen molar-refractivity contribution < 1.29 is 9.90 Å². The Labute approximate surface area is 120 Å². The van der Waals surface area contributed by atoms with E-state index in [0.29, 0.717) is 18.5 Å². The van der Waals surface area contributed by atoms with Gasteiger partial charge in [-0.3, -0.25) is 4.79 Å². The van der Waals surface area contributed by atoms with Gasteiger partial charge in [0.05, 0.1) is 6.10 Å². The highest BCUT2D eigenvalue weighted by Crippen LogP contribution is 2.21. The average molecular weight is 276 g/mol. The third-order valence-corrected chi connectivity index (χ3v) is 3.89. The zero-order chi connectivity index (χ0) is 14.4. The van der Waals surface area contributed by atoms with Gasteiger partial charge in [-0.1, -0.05) is 25.0 Å². The minimum Gasteiger partial charge on any atom is -0.399 e. The first-order valence-corrected chi connectivity index (χ1v) is 7.48. The molecule has 1 aliphatic rings. The van der Waals surface area contributed by atoms with Gasteiger partial charge in [-0.05, 0) is 37.0 Å². The molecule has 2 rings (SSSR count). The summed E-state index contributed by atoms with van der Waals surface area (Å²) >= 11 is 0. The summed E-state index contributed by atoms with van der Waals surface area (Å²) in [5.74, 6) is 0.162. The number of aliphatic hydroxyl groups excluding tert-OH is 1. The number of nitrogens with zero attached hydrogens (tertiary/aromatic N) is 1. The molecule has 1 heterocycles. The number of hydrogen-bond acceptors (Lipinski definition) is 3. The molecule has 1 fully saturated rings. The minimum atomic E-state index is -0.616. The monoisotopic (exact) mass is 276 g/mol. The van der Waals surface area contributed by atoms with Crippen molar-refractivity contribution in [3.8, 4) is 0 Å². The lowest BCUT2D eigenvalue weighted by molar-refractivity contribution is -0.131. The van der Waals surface area contributed by atoms with Crippen molar-refractivity contribution in [2.24, 2.45) is 0 Å². The molecule has 1 aromatic rings. The SMILES string of the molecule is Nc1cccc(C(O)CCC(=O)N2CCCCCC2)c1. The highest BCUT2D eigenvalue weighted by molar-refractivity contribution is 5.76. The van der Waals surface area contributed by atoms with Crippen molar-refractivity contribution in [1.29, 1.82) is 0 Å². The van der Waals surface area contributed by atoms with E-state index in [1.165, 1.54) is 12.8 Å². The lowest BCUT2D eigenvalue weighted by Gasteiger charge is -2.21. The van der Waals surface area contributed by atoms with Crippen LogP contribution < -0.4 is 5.73 Å². The van der Waals surface area contributed by atoms with E-state index < -0.39 is 6.10 Å². The summed E-state index contributed by atoms with van der Waals surface area (Å²) in [7, 11) is 0. The third kappa shape index (κ3) is 4.23. The van der Waals surface area contributed by atoms with Crippen LogP contribution in [0, 0.1) is 0 Å². The molecule has 1 saturated heterocycles. The van der Waals surface area contributed by atoms with E-state index in [9.17, 15) is 9.90 Å². The van der Waals surface area contributed by atoms with Crippen LogP contribution in [0.1, 0.15) is 50.2 Å². The number of anilines is 1. The quantitative estimate of drug-likeness (QED) is 0.830. The normalized spacial score (nSPS) is 17.6. The lowest BCUT2D eigenvalue weighted by atomic mass is 10.0. The number of amides is 1.